The Balaban J connectivity index is 0.000000249. The van der Waals surface area contributed by atoms with Crippen molar-refractivity contribution in [3.8, 4) is 11.4 Å². The molecule has 0 aliphatic heterocycles. The second-order valence-corrected chi connectivity index (χ2v) is 3.90. The summed E-state index contributed by atoms with van der Waals surface area (Å²) in [6.45, 7) is 0. The Kier molecular flexibility index (Phi) is 6.81. The minimum atomic E-state index is 0.198. The van der Waals surface area contributed by atoms with Crippen molar-refractivity contribution in [2.75, 3.05) is 14.2 Å². The lowest BCUT2D eigenvalue weighted by atomic mass is 10.2. The van der Waals surface area contributed by atoms with E-state index in [2.05, 4.69) is 18.8 Å². The molecule has 0 fully saturated rings. The number of nitrogens with zero attached hydrogens (tertiary/aromatic N) is 2. The van der Waals surface area contributed by atoms with Gasteiger partial charge in [0.2, 0.25) is 0 Å². The van der Waals surface area contributed by atoms with Crippen LogP contribution >= 0.6 is 0 Å². The van der Waals surface area contributed by atoms with E-state index in [1.165, 1.54) is 0 Å². The van der Waals surface area contributed by atoms with E-state index in [1.807, 2.05) is 36.4 Å². The number of hydrogen-bond donors (Lipinski definition) is 0. The second-order valence-electron chi connectivity index (χ2n) is 2.92. The second kappa shape index (κ2) is 8.57. The highest BCUT2D eigenvalue weighted by atomic mass is 28.3. The highest BCUT2D eigenvalue weighted by Gasteiger charge is 1.95. The fraction of sp³-hybridized carbons (Fsp3) is 0.167. The lowest BCUT2D eigenvalue weighted by Gasteiger charge is -1.96. The van der Waals surface area contributed by atoms with E-state index in [4.69, 9.17) is 0 Å². The van der Waals surface area contributed by atoms with Crippen molar-refractivity contribution in [2.45, 2.75) is 0 Å². The third kappa shape index (κ3) is 5.35. The molecule has 88 valence electrons. The van der Waals surface area contributed by atoms with Gasteiger partial charge < -0.3 is 8.85 Å². The highest BCUT2D eigenvalue weighted by molar-refractivity contribution is 6.17. The van der Waals surface area contributed by atoms with Gasteiger partial charge in [-0.2, -0.15) is 0 Å². The van der Waals surface area contributed by atoms with Crippen LogP contribution < -0.4 is 0 Å². The molecule has 0 saturated carbocycles. The Morgan fingerprint density at radius 3 is 1.53 bits per heavy atom. The molecule has 17 heavy (non-hydrogen) atoms. The zero-order chi connectivity index (χ0) is 12.3. The van der Waals surface area contributed by atoms with Gasteiger partial charge in [0.1, 0.15) is 0 Å². The SMILES string of the molecule is CO[Si]OC.c1ccc(-c2ccccn2)nc1. The fourth-order valence-electron chi connectivity index (χ4n) is 1.11. The molecule has 0 bridgehead atoms. The van der Waals surface area contributed by atoms with E-state index in [1.54, 1.807) is 26.6 Å². The summed E-state index contributed by atoms with van der Waals surface area (Å²) in [5.41, 5.74) is 1.83. The van der Waals surface area contributed by atoms with Gasteiger partial charge in [-0.05, 0) is 24.3 Å². The Morgan fingerprint density at radius 2 is 1.29 bits per heavy atom. The monoisotopic (exact) mass is 246 g/mol. The van der Waals surface area contributed by atoms with Crippen LogP contribution in [0.4, 0.5) is 0 Å². The minimum Gasteiger partial charge on any atom is -0.396 e. The van der Waals surface area contributed by atoms with E-state index in [0.29, 0.717) is 0 Å². The van der Waals surface area contributed by atoms with Crippen LogP contribution in [0.25, 0.3) is 11.4 Å². The van der Waals surface area contributed by atoms with Gasteiger partial charge in [0, 0.05) is 26.6 Å². The third-order valence-corrected chi connectivity index (χ3v) is 2.09. The highest BCUT2D eigenvalue weighted by Crippen LogP contribution is 2.10. The van der Waals surface area contributed by atoms with Crippen molar-refractivity contribution in [1.29, 1.82) is 0 Å². The molecular formula is C12H14N2O2Si. The van der Waals surface area contributed by atoms with E-state index in [-0.39, 0.29) is 10.0 Å². The first-order valence-electron chi connectivity index (χ1n) is 5.02. The standard InChI is InChI=1S/C10H8N2.C2H6O2Si/c1-3-7-11-9(5-1)10-6-2-4-8-12-10;1-3-5-4-2/h1-8H;1-2H3. The van der Waals surface area contributed by atoms with Crippen LogP contribution in [0, 0.1) is 0 Å². The number of pyridine rings is 2. The van der Waals surface area contributed by atoms with Crippen molar-refractivity contribution >= 4 is 10.0 Å². The molecule has 2 rings (SSSR count). The molecule has 0 aliphatic carbocycles. The molecule has 0 amide bonds. The van der Waals surface area contributed by atoms with Crippen molar-refractivity contribution in [3.63, 3.8) is 0 Å². The molecule has 0 spiro atoms. The molecule has 0 aliphatic rings. The van der Waals surface area contributed by atoms with Gasteiger partial charge in [0.05, 0.1) is 11.4 Å². The lowest BCUT2D eigenvalue weighted by Crippen LogP contribution is -1.93. The molecular weight excluding hydrogens is 232 g/mol. The Bertz CT molecular complexity index is 358. The van der Waals surface area contributed by atoms with Crippen LogP contribution in [0.15, 0.2) is 48.8 Å². The topological polar surface area (TPSA) is 44.2 Å². The maximum Gasteiger partial charge on any atom is 0.432 e. The predicted molar refractivity (Wildman–Crippen MR) is 67.2 cm³/mol. The summed E-state index contributed by atoms with van der Waals surface area (Å²) in [7, 11) is 3.40. The van der Waals surface area contributed by atoms with Gasteiger partial charge in [-0.1, -0.05) is 12.1 Å². The summed E-state index contributed by atoms with van der Waals surface area (Å²) in [5, 5.41) is 0. The smallest absolute Gasteiger partial charge is 0.396 e. The average Bonchev–Trinajstić information content (AvgIpc) is 2.42. The molecule has 5 heteroatoms. The first kappa shape index (κ1) is 13.5. The molecule has 0 unspecified atom stereocenters. The Hall–Kier alpha value is -1.56. The predicted octanol–water partition coefficient (Wildman–Crippen LogP) is 1.96. The zero-order valence-electron chi connectivity index (χ0n) is 9.83. The summed E-state index contributed by atoms with van der Waals surface area (Å²) in [5.74, 6) is 0. The Labute approximate surface area is 104 Å². The van der Waals surface area contributed by atoms with Crippen LogP contribution in [0.1, 0.15) is 0 Å². The first-order chi connectivity index (χ1) is 8.38. The zero-order valence-corrected chi connectivity index (χ0v) is 10.8. The summed E-state index contributed by atoms with van der Waals surface area (Å²) < 4.78 is 8.99. The maximum atomic E-state index is 4.50. The fourth-order valence-corrected chi connectivity index (χ4v) is 1.28. The van der Waals surface area contributed by atoms with Gasteiger partial charge in [0.15, 0.2) is 0 Å². The van der Waals surface area contributed by atoms with E-state index in [0.717, 1.165) is 11.4 Å². The minimum absolute atomic E-state index is 0.198. The van der Waals surface area contributed by atoms with Crippen molar-refractivity contribution in [2.24, 2.45) is 0 Å². The third-order valence-electron chi connectivity index (χ3n) is 1.76. The van der Waals surface area contributed by atoms with Crippen molar-refractivity contribution in [1.82, 2.24) is 9.97 Å². The van der Waals surface area contributed by atoms with Crippen LogP contribution in [-0.2, 0) is 8.85 Å². The molecule has 2 heterocycles. The van der Waals surface area contributed by atoms with E-state index >= 15 is 0 Å². The first-order valence-corrected chi connectivity index (χ1v) is 5.83. The molecule has 0 aromatic carbocycles. The molecule has 0 saturated heterocycles. The number of aromatic nitrogens is 2. The average molecular weight is 246 g/mol. The van der Waals surface area contributed by atoms with Crippen molar-refractivity contribution in [3.05, 3.63) is 48.8 Å². The quantitative estimate of drug-likeness (QED) is 0.777. The van der Waals surface area contributed by atoms with Gasteiger partial charge in [-0.25, -0.2) is 0 Å². The van der Waals surface area contributed by atoms with Gasteiger partial charge in [-0.15, -0.1) is 0 Å². The van der Waals surface area contributed by atoms with Crippen LogP contribution in [-0.4, -0.2) is 34.2 Å². The van der Waals surface area contributed by atoms with E-state index in [9.17, 15) is 0 Å². The van der Waals surface area contributed by atoms with Crippen LogP contribution in [0.3, 0.4) is 0 Å². The summed E-state index contributed by atoms with van der Waals surface area (Å²) >= 11 is 0. The van der Waals surface area contributed by atoms with Gasteiger partial charge >= 0.3 is 10.0 Å². The summed E-state index contributed by atoms with van der Waals surface area (Å²) in [6.07, 6.45) is 3.54. The van der Waals surface area contributed by atoms with Gasteiger partial charge in [0.25, 0.3) is 0 Å². The largest absolute Gasteiger partial charge is 0.432 e. The maximum absolute atomic E-state index is 4.50. The van der Waals surface area contributed by atoms with E-state index < -0.39 is 0 Å². The van der Waals surface area contributed by atoms with Crippen LogP contribution in [0.5, 0.6) is 0 Å². The molecule has 0 atom stereocenters. The Morgan fingerprint density at radius 1 is 0.824 bits per heavy atom. The molecule has 2 radical (unpaired) electrons. The van der Waals surface area contributed by atoms with Crippen LogP contribution in [0.2, 0.25) is 0 Å². The molecule has 2 aromatic heterocycles. The van der Waals surface area contributed by atoms with Gasteiger partial charge in [-0.3, -0.25) is 9.97 Å². The number of rotatable bonds is 3. The normalized spacial score (nSPS) is 9.29. The molecule has 0 N–H and O–H groups in total. The molecule has 2 aromatic rings. The lowest BCUT2D eigenvalue weighted by molar-refractivity contribution is 0.309. The summed E-state index contributed by atoms with van der Waals surface area (Å²) in [6, 6.07) is 11.6. The van der Waals surface area contributed by atoms with Crippen molar-refractivity contribution < 1.29 is 8.85 Å². The number of hydrogen-bond acceptors (Lipinski definition) is 4. The molecule has 4 nitrogen and oxygen atoms in total. The summed E-state index contributed by atoms with van der Waals surface area (Å²) in [4.78, 5) is 8.37.